The molecule has 0 fully saturated rings. The van der Waals surface area contributed by atoms with E-state index in [1.165, 1.54) is 0 Å². The van der Waals surface area contributed by atoms with Gasteiger partial charge >= 0.3 is 0 Å². The minimum absolute atomic E-state index is 0.109. The van der Waals surface area contributed by atoms with Crippen LogP contribution in [-0.2, 0) is 0 Å². The van der Waals surface area contributed by atoms with E-state index in [2.05, 4.69) is 10.3 Å². The Kier molecular flexibility index (Phi) is 4.81. The highest BCUT2D eigenvalue weighted by Crippen LogP contribution is 2.27. The molecule has 4 nitrogen and oxygen atoms in total. The highest BCUT2D eigenvalue weighted by molar-refractivity contribution is 6.35. The molecule has 1 N–H and O–H groups in total. The lowest BCUT2D eigenvalue weighted by molar-refractivity contribution is 0.101. The monoisotopic (exact) mass is 345 g/mol. The molecule has 0 saturated carbocycles. The van der Waals surface area contributed by atoms with Gasteiger partial charge in [0.1, 0.15) is 10.8 Å². The van der Waals surface area contributed by atoms with Crippen LogP contribution in [0.4, 0.5) is 5.69 Å². The van der Waals surface area contributed by atoms with Crippen LogP contribution in [0.1, 0.15) is 35.9 Å². The van der Waals surface area contributed by atoms with Crippen molar-refractivity contribution in [3.05, 3.63) is 44.9 Å². The second kappa shape index (κ2) is 6.26. The number of nitrogens with zero attached hydrogens (tertiary/aromatic N) is 2. The molecule has 0 aliphatic rings. The Morgan fingerprint density at radius 1 is 1.29 bits per heavy atom. The molecule has 0 aliphatic heterocycles. The minimum Gasteiger partial charge on any atom is -0.339 e. The van der Waals surface area contributed by atoms with Crippen molar-refractivity contribution in [1.82, 2.24) is 9.55 Å². The van der Waals surface area contributed by atoms with Gasteiger partial charge in [-0.3, -0.25) is 4.79 Å². The molecular weight excluding hydrogens is 333 g/mol. The second-order valence-electron chi connectivity index (χ2n) is 4.93. The summed E-state index contributed by atoms with van der Waals surface area (Å²) in [4.78, 5) is 16.4. The lowest BCUT2D eigenvalue weighted by atomic mass is 10.2. The summed E-state index contributed by atoms with van der Waals surface area (Å²) in [6.45, 7) is 5.73. The van der Waals surface area contributed by atoms with Crippen LogP contribution in [0, 0.1) is 6.92 Å². The highest BCUT2D eigenvalue weighted by Gasteiger charge is 2.18. The first-order chi connectivity index (χ1) is 9.79. The van der Waals surface area contributed by atoms with Gasteiger partial charge in [0.2, 0.25) is 0 Å². The summed E-state index contributed by atoms with van der Waals surface area (Å²) in [5.41, 5.74) is 1.64. The number of hydrogen-bond acceptors (Lipinski definition) is 2. The molecule has 2 aromatic rings. The van der Waals surface area contributed by atoms with Gasteiger partial charge in [0.15, 0.2) is 5.15 Å². The second-order valence-corrected chi connectivity index (χ2v) is 6.11. The molecule has 0 radical (unpaired) electrons. The number of amides is 1. The standard InChI is InChI=1S/C14H14Cl3N3O/c1-7(2)20-6-9(15)5-10(20)14(21)19-12-8(3)4-11(16)18-13(12)17/h4-7H,1-3H3,(H,19,21). The van der Waals surface area contributed by atoms with Crippen LogP contribution < -0.4 is 5.32 Å². The van der Waals surface area contributed by atoms with Gasteiger partial charge in [-0.15, -0.1) is 0 Å². The number of aryl methyl sites for hydroxylation is 1. The SMILES string of the molecule is Cc1cc(Cl)nc(Cl)c1NC(=O)c1cc(Cl)cn1C(C)C. The molecule has 2 heterocycles. The van der Waals surface area contributed by atoms with Crippen LogP contribution in [0.5, 0.6) is 0 Å². The first-order valence-corrected chi connectivity index (χ1v) is 7.44. The molecule has 0 saturated heterocycles. The largest absolute Gasteiger partial charge is 0.339 e. The summed E-state index contributed by atoms with van der Waals surface area (Å²) in [6, 6.07) is 3.36. The molecule has 0 bridgehead atoms. The van der Waals surface area contributed by atoms with E-state index in [-0.39, 0.29) is 22.3 Å². The molecule has 0 unspecified atom stereocenters. The summed E-state index contributed by atoms with van der Waals surface area (Å²) in [7, 11) is 0. The molecule has 0 aromatic carbocycles. The highest BCUT2D eigenvalue weighted by atomic mass is 35.5. The third kappa shape index (κ3) is 3.51. The van der Waals surface area contributed by atoms with Crippen molar-refractivity contribution in [1.29, 1.82) is 0 Å². The zero-order chi connectivity index (χ0) is 15.7. The van der Waals surface area contributed by atoms with Crippen molar-refractivity contribution in [3.8, 4) is 0 Å². The number of nitrogens with one attached hydrogen (secondary N) is 1. The predicted octanol–water partition coefficient (Wildman–Crippen LogP) is 4.98. The molecule has 1 amide bonds. The van der Waals surface area contributed by atoms with Crippen LogP contribution >= 0.6 is 34.8 Å². The van der Waals surface area contributed by atoms with E-state index in [9.17, 15) is 4.79 Å². The van der Waals surface area contributed by atoms with Crippen molar-refractivity contribution in [2.24, 2.45) is 0 Å². The van der Waals surface area contributed by atoms with E-state index in [1.807, 2.05) is 13.8 Å². The quantitative estimate of drug-likeness (QED) is 0.796. The fourth-order valence-electron chi connectivity index (χ4n) is 1.98. The van der Waals surface area contributed by atoms with Gasteiger partial charge in [0.05, 0.1) is 10.7 Å². The summed E-state index contributed by atoms with van der Waals surface area (Å²) in [6.07, 6.45) is 1.72. The van der Waals surface area contributed by atoms with Gasteiger partial charge < -0.3 is 9.88 Å². The van der Waals surface area contributed by atoms with Gasteiger partial charge in [0, 0.05) is 12.2 Å². The average molecular weight is 347 g/mol. The van der Waals surface area contributed by atoms with Crippen molar-refractivity contribution < 1.29 is 4.79 Å². The van der Waals surface area contributed by atoms with E-state index in [1.54, 1.807) is 29.8 Å². The molecule has 112 valence electrons. The van der Waals surface area contributed by atoms with Crippen LogP contribution in [0.2, 0.25) is 15.3 Å². The van der Waals surface area contributed by atoms with Crippen LogP contribution in [-0.4, -0.2) is 15.5 Å². The van der Waals surface area contributed by atoms with E-state index in [4.69, 9.17) is 34.8 Å². The maximum atomic E-state index is 12.4. The maximum absolute atomic E-state index is 12.4. The molecule has 2 rings (SSSR count). The third-order valence-corrected chi connectivity index (χ3v) is 3.66. The van der Waals surface area contributed by atoms with Crippen LogP contribution in [0.15, 0.2) is 18.3 Å². The van der Waals surface area contributed by atoms with E-state index in [0.29, 0.717) is 16.4 Å². The predicted molar refractivity (Wildman–Crippen MR) is 86.8 cm³/mol. The molecule has 21 heavy (non-hydrogen) atoms. The Labute approximate surface area is 138 Å². The molecule has 7 heteroatoms. The Bertz CT molecular complexity index is 672. The lowest BCUT2D eigenvalue weighted by Crippen LogP contribution is -2.18. The Hall–Kier alpha value is -1.23. The fraction of sp³-hybridized carbons (Fsp3) is 0.286. The number of hydrogen-bond donors (Lipinski definition) is 1. The summed E-state index contributed by atoms with van der Waals surface area (Å²) in [5.74, 6) is -0.301. The van der Waals surface area contributed by atoms with Gasteiger partial charge in [-0.05, 0) is 38.5 Å². The van der Waals surface area contributed by atoms with E-state index >= 15 is 0 Å². The van der Waals surface area contributed by atoms with Crippen molar-refractivity contribution in [3.63, 3.8) is 0 Å². The number of rotatable bonds is 3. The van der Waals surface area contributed by atoms with Crippen molar-refractivity contribution in [2.75, 3.05) is 5.32 Å². The number of aromatic nitrogens is 2. The summed E-state index contributed by atoms with van der Waals surface area (Å²) >= 11 is 17.8. The van der Waals surface area contributed by atoms with Gasteiger partial charge in [-0.2, -0.15) is 0 Å². The zero-order valence-corrected chi connectivity index (χ0v) is 14.0. The first-order valence-electron chi connectivity index (χ1n) is 6.31. The normalized spacial score (nSPS) is 11.0. The van der Waals surface area contributed by atoms with Crippen LogP contribution in [0.25, 0.3) is 0 Å². The molecule has 0 spiro atoms. The Morgan fingerprint density at radius 3 is 2.52 bits per heavy atom. The maximum Gasteiger partial charge on any atom is 0.272 e. The zero-order valence-electron chi connectivity index (χ0n) is 11.7. The first kappa shape index (κ1) is 16.1. The summed E-state index contributed by atoms with van der Waals surface area (Å²) < 4.78 is 1.80. The molecule has 0 aliphatic carbocycles. The van der Waals surface area contributed by atoms with E-state index < -0.39 is 0 Å². The molecular formula is C14H14Cl3N3O. The van der Waals surface area contributed by atoms with Gasteiger partial charge in [-0.25, -0.2) is 4.98 Å². The number of carbonyl (C=O) groups excluding carboxylic acids is 1. The van der Waals surface area contributed by atoms with Crippen molar-refractivity contribution in [2.45, 2.75) is 26.8 Å². The lowest BCUT2D eigenvalue weighted by Gasteiger charge is -2.14. The van der Waals surface area contributed by atoms with Gasteiger partial charge in [-0.1, -0.05) is 34.8 Å². The Balaban J connectivity index is 2.35. The number of anilines is 1. The van der Waals surface area contributed by atoms with E-state index in [0.717, 1.165) is 5.56 Å². The fourth-order valence-corrected chi connectivity index (χ4v) is 2.77. The smallest absolute Gasteiger partial charge is 0.272 e. The number of carbonyl (C=O) groups is 1. The van der Waals surface area contributed by atoms with Gasteiger partial charge in [0.25, 0.3) is 5.91 Å². The average Bonchev–Trinajstić information content (AvgIpc) is 2.76. The third-order valence-electron chi connectivity index (χ3n) is 2.98. The Morgan fingerprint density at radius 2 is 1.95 bits per heavy atom. The van der Waals surface area contributed by atoms with Crippen LogP contribution in [0.3, 0.4) is 0 Å². The summed E-state index contributed by atoms with van der Waals surface area (Å²) in [5, 5.41) is 3.70. The number of halogens is 3. The number of pyridine rings is 1. The minimum atomic E-state index is -0.301. The molecule has 0 atom stereocenters. The molecule has 2 aromatic heterocycles. The van der Waals surface area contributed by atoms with Crippen molar-refractivity contribution >= 4 is 46.4 Å². The topological polar surface area (TPSA) is 46.9 Å².